The monoisotopic (exact) mass is 233 g/mol. The highest BCUT2D eigenvalue weighted by Crippen LogP contribution is 2.21. The number of aldehydes is 1. The normalized spacial score (nSPS) is 11.2. The van der Waals surface area contributed by atoms with Gasteiger partial charge in [0.1, 0.15) is 0 Å². The number of nitrogens with zero attached hydrogens (tertiary/aromatic N) is 1. The average Bonchev–Trinajstić information content (AvgIpc) is 2.24. The van der Waals surface area contributed by atoms with Gasteiger partial charge in [-0.3, -0.25) is 4.79 Å². The summed E-state index contributed by atoms with van der Waals surface area (Å²) in [5, 5.41) is 0. The van der Waals surface area contributed by atoms with E-state index < -0.39 is 12.6 Å². The van der Waals surface area contributed by atoms with Gasteiger partial charge < -0.3 is 4.74 Å². The van der Waals surface area contributed by atoms with Crippen LogP contribution in [0.2, 0.25) is 0 Å². The van der Waals surface area contributed by atoms with Gasteiger partial charge in [-0.05, 0) is 12.5 Å². The first-order valence-corrected chi connectivity index (χ1v) is 4.62. The number of hydrogen-bond acceptors (Lipinski definition) is 3. The van der Waals surface area contributed by atoms with Crippen molar-refractivity contribution in [2.75, 3.05) is 6.61 Å². The van der Waals surface area contributed by atoms with Crippen molar-refractivity contribution in [1.82, 2.24) is 4.98 Å². The molecule has 1 aromatic heterocycles. The molecule has 0 saturated carbocycles. The zero-order valence-electron chi connectivity index (χ0n) is 8.33. The molecule has 88 valence electrons. The van der Waals surface area contributed by atoms with E-state index in [4.69, 9.17) is 4.74 Å². The van der Waals surface area contributed by atoms with Crippen molar-refractivity contribution in [2.45, 2.75) is 19.0 Å². The third kappa shape index (κ3) is 4.77. The molecular formula is C10H10F3NO2. The van der Waals surface area contributed by atoms with Crippen molar-refractivity contribution in [3.05, 3.63) is 23.9 Å². The summed E-state index contributed by atoms with van der Waals surface area (Å²) in [5.74, 6) is 0.216. The van der Waals surface area contributed by atoms with E-state index in [9.17, 15) is 18.0 Å². The number of pyridine rings is 1. The summed E-state index contributed by atoms with van der Waals surface area (Å²) < 4.78 is 40.3. The molecule has 0 saturated heterocycles. The Balaban J connectivity index is 2.29. The number of alkyl halides is 3. The van der Waals surface area contributed by atoms with Crippen LogP contribution in [0.15, 0.2) is 18.3 Å². The second-order valence-electron chi connectivity index (χ2n) is 3.11. The molecule has 0 N–H and O–H groups in total. The number of aromatic nitrogens is 1. The van der Waals surface area contributed by atoms with Crippen LogP contribution in [-0.4, -0.2) is 24.1 Å². The van der Waals surface area contributed by atoms with Gasteiger partial charge in [-0.2, -0.15) is 13.2 Å². The highest BCUT2D eigenvalue weighted by molar-refractivity contribution is 5.73. The molecule has 0 aliphatic carbocycles. The average molecular weight is 233 g/mol. The molecule has 16 heavy (non-hydrogen) atoms. The summed E-state index contributed by atoms with van der Waals surface area (Å²) in [6.07, 6.45) is -3.22. The largest absolute Gasteiger partial charge is 0.478 e. The Kier molecular flexibility index (Phi) is 4.28. The predicted molar refractivity (Wildman–Crippen MR) is 50.4 cm³/mol. The van der Waals surface area contributed by atoms with Crippen molar-refractivity contribution in [3.63, 3.8) is 0 Å². The second-order valence-corrected chi connectivity index (χ2v) is 3.11. The molecule has 1 heterocycles. The first kappa shape index (κ1) is 12.5. The van der Waals surface area contributed by atoms with Gasteiger partial charge in [0.15, 0.2) is 6.29 Å². The Labute approximate surface area is 90.2 Å². The molecule has 0 unspecified atom stereocenters. The number of carbonyl (C=O) groups excluding carboxylic acids is 1. The Hall–Kier alpha value is -1.59. The SMILES string of the molecule is O=Cc1ccc(OCCCC(F)(F)F)nc1. The van der Waals surface area contributed by atoms with Gasteiger partial charge in [-0.25, -0.2) is 4.98 Å². The smallest absolute Gasteiger partial charge is 0.389 e. The van der Waals surface area contributed by atoms with Gasteiger partial charge in [0.2, 0.25) is 5.88 Å². The summed E-state index contributed by atoms with van der Waals surface area (Å²) in [6.45, 7) is -0.0487. The van der Waals surface area contributed by atoms with Crippen molar-refractivity contribution < 1.29 is 22.7 Å². The van der Waals surface area contributed by atoms with Crippen LogP contribution >= 0.6 is 0 Å². The molecular weight excluding hydrogens is 223 g/mol. The van der Waals surface area contributed by atoms with E-state index in [2.05, 4.69) is 4.98 Å². The fraction of sp³-hybridized carbons (Fsp3) is 0.400. The molecule has 0 atom stereocenters. The van der Waals surface area contributed by atoms with Gasteiger partial charge in [0.05, 0.1) is 6.61 Å². The number of rotatable bonds is 5. The van der Waals surface area contributed by atoms with E-state index in [1.807, 2.05) is 0 Å². The first-order valence-electron chi connectivity index (χ1n) is 4.62. The molecule has 0 spiro atoms. The molecule has 0 amide bonds. The number of ether oxygens (including phenoxy) is 1. The fourth-order valence-corrected chi connectivity index (χ4v) is 0.996. The lowest BCUT2D eigenvalue weighted by atomic mass is 10.3. The third-order valence-electron chi connectivity index (χ3n) is 1.75. The van der Waals surface area contributed by atoms with Crippen LogP contribution in [0.5, 0.6) is 5.88 Å². The van der Waals surface area contributed by atoms with E-state index in [0.717, 1.165) is 0 Å². The maximum absolute atomic E-state index is 11.8. The maximum Gasteiger partial charge on any atom is 0.389 e. The summed E-state index contributed by atoms with van der Waals surface area (Å²) in [7, 11) is 0. The Bertz CT molecular complexity index is 335. The number of halogens is 3. The minimum atomic E-state index is -4.15. The molecule has 0 fully saturated rings. The quantitative estimate of drug-likeness (QED) is 0.579. The van der Waals surface area contributed by atoms with Crippen LogP contribution in [0.4, 0.5) is 13.2 Å². The molecule has 0 aromatic carbocycles. The highest BCUT2D eigenvalue weighted by atomic mass is 19.4. The number of carbonyl (C=O) groups is 1. The van der Waals surface area contributed by atoms with E-state index in [1.165, 1.54) is 18.3 Å². The Morgan fingerprint density at radius 3 is 2.62 bits per heavy atom. The van der Waals surface area contributed by atoms with Crippen LogP contribution < -0.4 is 4.74 Å². The van der Waals surface area contributed by atoms with Crippen LogP contribution in [0.25, 0.3) is 0 Å². The maximum atomic E-state index is 11.8. The van der Waals surface area contributed by atoms with Gasteiger partial charge >= 0.3 is 6.18 Å². The molecule has 0 aliphatic heterocycles. The lowest BCUT2D eigenvalue weighted by Crippen LogP contribution is -2.10. The Morgan fingerprint density at radius 2 is 2.12 bits per heavy atom. The van der Waals surface area contributed by atoms with E-state index in [1.54, 1.807) is 0 Å². The van der Waals surface area contributed by atoms with Gasteiger partial charge in [0.25, 0.3) is 0 Å². The summed E-state index contributed by atoms with van der Waals surface area (Å²) >= 11 is 0. The number of hydrogen-bond donors (Lipinski definition) is 0. The Morgan fingerprint density at radius 1 is 1.38 bits per heavy atom. The molecule has 6 heteroatoms. The van der Waals surface area contributed by atoms with Crippen molar-refractivity contribution in [2.24, 2.45) is 0 Å². The molecule has 3 nitrogen and oxygen atoms in total. The first-order chi connectivity index (χ1) is 7.51. The third-order valence-corrected chi connectivity index (χ3v) is 1.75. The predicted octanol–water partition coefficient (Wildman–Crippen LogP) is 2.62. The summed E-state index contributed by atoms with van der Waals surface area (Å²) in [6, 6.07) is 2.93. The van der Waals surface area contributed by atoms with Crippen molar-refractivity contribution in [3.8, 4) is 5.88 Å². The lowest BCUT2D eigenvalue weighted by molar-refractivity contribution is -0.136. The summed E-state index contributed by atoms with van der Waals surface area (Å²) in [5.41, 5.74) is 0.391. The zero-order valence-corrected chi connectivity index (χ0v) is 8.33. The standard InChI is InChI=1S/C10H10F3NO2/c11-10(12,13)4-1-5-16-9-3-2-8(7-15)6-14-9/h2-3,6-7H,1,4-5H2. The molecule has 0 bridgehead atoms. The van der Waals surface area contributed by atoms with Gasteiger partial charge in [0, 0.05) is 24.2 Å². The van der Waals surface area contributed by atoms with Crippen LogP contribution in [0.3, 0.4) is 0 Å². The fourth-order valence-electron chi connectivity index (χ4n) is 0.996. The van der Waals surface area contributed by atoms with Gasteiger partial charge in [-0.1, -0.05) is 0 Å². The molecule has 0 aliphatic rings. The van der Waals surface area contributed by atoms with E-state index >= 15 is 0 Å². The minimum Gasteiger partial charge on any atom is -0.478 e. The highest BCUT2D eigenvalue weighted by Gasteiger charge is 2.26. The van der Waals surface area contributed by atoms with Gasteiger partial charge in [-0.15, -0.1) is 0 Å². The molecule has 1 rings (SSSR count). The van der Waals surface area contributed by atoms with E-state index in [0.29, 0.717) is 11.8 Å². The van der Waals surface area contributed by atoms with E-state index in [-0.39, 0.29) is 18.9 Å². The lowest BCUT2D eigenvalue weighted by Gasteiger charge is -2.07. The molecule has 1 aromatic rings. The second kappa shape index (κ2) is 5.48. The van der Waals surface area contributed by atoms with Crippen molar-refractivity contribution in [1.29, 1.82) is 0 Å². The zero-order chi connectivity index (χ0) is 12.0. The van der Waals surface area contributed by atoms with Crippen molar-refractivity contribution >= 4 is 6.29 Å². The topological polar surface area (TPSA) is 39.2 Å². The summed E-state index contributed by atoms with van der Waals surface area (Å²) in [4.78, 5) is 14.0. The van der Waals surface area contributed by atoms with Crippen LogP contribution in [0.1, 0.15) is 23.2 Å². The molecule has 0 radical (unpaired) electrons. The van der Waals surface area contributed by atoms with Crippen LogP contribution in [-0.2, 0) is 0 Å². The minimum absolute atomic E-state index is 0.0487. The van der Waals surface area contributed by atoms with Crippen LogP contribution in [0, 0.1) is 0 Å².